The fraction of sp³-hybridized carbons (Fsp3) is 0.560. The van der Waals surface area contributed by atoms with Crippen molar-refractivity contribution in [2.75, 3.05) is 13.1 Å². The minimum atomic E-state index is -3.04. The van der Waals surface area contributed by atoms with Crippen LogP contribution in [0.4, 0.5) is 0 Å². The monoisotopic (exact) mass is 444 g/mol. The molecule has 0 amide bonds. The van der Waals surface area contributed by atoms with Crippen LogP contribution in [-0.2, 0) is 19.4 Å². The number of rotatable bonds is 5. The number of hydrogen-bond donors (Lipinski definition) is 2. The van der Waals surface area contributed by atoms with E-state index in [0.717, 1.165) is 59.4 Å². The Morgan fingerprint density at radius 3 is 2.42 bits per heavy atom. The van der Waals surface area contributed by atoms with E-state index < -0.39 is 10.8 Å². The molecule has 1 aliphatic heterocycles. The largest absolute Gasteiger partial charge is 0.348 e. The zero-order chi connectivity index (χ0) is 22.6. The predicted molar refractivity (Wildman–Crippen MR) is 127 cm³/mol. The molecule has 2 aromatic rings. The van der Waals surface area contributed by atoms with Crippen LogP contribution >= 0.6 is 10.8 Å². The molecule has 1 fully saturated rings. The van der Waals surface area contributed by atoms with Crippen LogP contribution in [-0.4, -0.2) is 36.9 Å². The van der Waals surface area contributed by atoms with Crippen molar-refractivity contribution >= 4 is 16.6 Å². The SMILES string of the molecule is CCn1c(C)c(Cc2cccc(C)c2S(O)(O)N2CCCC2)c2c1CC(C)(C)CC2=O. The molecule has 2 N–H and O–H groups in total. The summed E-state index contributed by atoms with van der Waals surface area (Å²) in [5.41, 5.74) is 6.01. The fourth-order valence-electron chi connectivity index (χ4n) is 5.56. The van der Waals surface area contributed by atoms with Gasteiger partial charge in [-0.15, -0.1) is 10.8 Å². The zero-order valence-electron chi connectivity index (χ0n) is 19.5. The first-order valence-electron chi connectivity index (χ1n) is 11.4. The fourth-order valence-corrected chi connectivity index (χ4v) is 7.58. The summed E-state index contributed by atoms with van der Waals surface area (Å²) in [6.45, 7) is 12.8. The van der Waals surface area contributed by atoms with Crippen LogP contribution in [0.3, 0.4) is 0 Å². The van der Waals surface area contributed by atoms with Gasteiger partial charge in [0, 0.05) is 49.4 Å². The molecule has 0 radical (unpaired) electrons. The van der Waals surface area contributed by atoms with Gasteiger partial charge in [0.25, 0.3) is 0 Å². The molecule has 5 nitrogen and oxygen atoms in total. The molecule has 2 heterocycles. The van der Waals surface area contributed by atoms with Gasteiger partial charge in [0.1, 0.15) is 0 Å². The molecule has 4 rings (SSSR count). The third kappa shape index (κ3) is 3.88. The molecule has 6 heteroatoms. The summed E-state index contributed by atoms with van der Waals surface area (Å²) in [7, 11) is -3.04. The van der Waals surface area contributed by atoms with Gasteiger partial charge in [-0.05, 0) is 62.1 Å². The van der Waals surface area contributed by atoms with E-state index in [9.17, 15) is 13.9 Å². The van der Waals surface area contributed by atoms with Crippen molar-refractivity contribution in [2.45, 2.75) is 78.2 Å². The van der Waals surface area contributed by atoms with Crippen LogP contribution in [0.25, 0.3) is 0 Å². The van der Waals surface area contributed by atoms with Gasteiger partial charge >= 0.3 is 0 Å². The Kier molecular flexibility index (Phi) is 5.88. The van der Waals surface area contributed by atoms with E-state index in [0.29, 0.717) is 30.8 Å². The van der Waals surface area contributed by atoms with Crippen molar-refractivity contribution in [3.8, 4) is 0 Å². The number of ketones is 1. The molecule has 31 heavy (non-hydrogen) atoms. The molecule has 2 aliphatic rings. The van der Waals surface area contributed by atoms with Crippen molar-refractivity contribution in [3.63, 3.8) is 0 Å². The van der Waals surface area contributed by atoms with Gasteiger partial charge in [-0.1, -0.05) is 32.0 Å². The summed E-state index contributed by atoms with van der Waals surface area (Å²) in [5.74, 6) is 0.219. The van der Waals surface area contributed by atoms with Gasteiger partial charge in [-0.25, -0.2) is 4.31 Å². The first-order chi connectivity index (χ1) is 14.6. The molecule has 0 saturated carbocycles. The van der Waals surface area contributed by atoms with Crippen LogP contribution < -0.4 is 0 Å². The highest BCUT2D eigenvalue weighted by atomic mass is 32.3. The summed E-state index contributed by atoms with van der Waals surface area (Å²) >= 11 is 0. The third-order valence-corrected chi connectivity index (χ3v) is 9.21. The molecule has 0 bridgehead atoms. The number of benzene rings is 1. The molecular weight excluding hydrogens is 408 g/mol. The Morgan fingerprint density at radius 2 is 1.77 bits per heavy atom. The van der Waals surface area contributed by atoms with Gasteiger partial charge in [-0.3, -0.25) is 13.9 Å². The maximum Gasteiger partial charge on any atom is 0.165 e. The number of carbonyl (C=O) groups is 1. The molecule has 0 spiro atoms. The highest BCUT2D eigenvalue weighted by molar-refractivity contribution is 8.22. The zero-order valence-corrected chi connectivity index (χ0v) is 20.3. The maximum absolute atomic E-state index is 13.2. The molecule has 0 unspecified atom stereocenters. The second-order valence-electron chi connectivity index (χ2n) is 9.97. The number of fused-ring (bicyclic) bond motifs is 1. The molecule has 1 aliphatic carbocycles. The van der Waals surface area contributed by atoms with Crippen molar-refractivity contribution < 1.29 is 13.9 Å². The Bertz CT molecular complexity index is 1020. The van der Waals surface area contributed by atoms with Crippen LogP contribution in [0, 0.1) is 19.3 Å². The van der Waals surface area contributed by atoms with Crippen LogP contribution in [0.2, 0.25) is 0 Å². The van der Waals surface area contributed by atoms with Gasteiger partial charge in [0.15, 0.2) is 5.78 Å². The molecule has 1 saturated heterocycles. The molecule has 0 atom stereocenters. The van der Waals surface area contributed by atoms with E-state index >= 15 is 0 Å². The van der Waals surface area contributed by atoms with Crippen LogP contribution in [0.1, 0.15) is 78.5 Å². The van der Waals surface area contributed by atoms with E-state index in [2.05, 4.69) is 32.3 Å². The third-order valence-electron chi connectivity index (χ3n) is 7.00. The van der Waals surface area contributed by atoms with Crippen LogP contribution in [0.5, 0.6) is 0 Å². The van der Waals surface area contributed by atoms with E-state index in [-0.39, 0.29) is 11.2 Å². The molecule has 170 valence electrons. The summed E-state index contributed by atoms with van der Waals surface area (Å²) in [6.07, 6.45) is 3.99. The lowest BCUT2D eigenvalue weighted by molar-refractivity contribution is 0.0909. The molecule has 1 aromatic carbocycles. The van der Waals surface area contributed by atoms with Gasteiger partial charge in [0.2, 0.25) is 0 Å². The number of aryl methyl sites for hydroxylation is 1. The normalized spacial score (nSPS) is 19.6. The Labute approximate surface area is 187 Å². The van der Waals surface area contributed by atoms with Gasteiger partial charge in [-0.2, -0.15) is 0 Å². The summed E-state index contributed by atoms with van der Waals surface area (Å²) in [4.78, 5) is 13.9. The van der Waals surface area contributed by atoms with Gasteiger partial charge < -0.3 is 4.57 Å². The number of aromatic nitrogens is 1. The minimum absolute atomic E-state index is 0.0290. The average Bonchev–Trinajstić information content (AvgIpc) is 3.29. The minimum Gasteiger partial charge on any atom is -0.348 e. The number of Topliss-reactive ketones (excluding diaryl/α,β-unsaturated/α-hetero) is 1. The molecule has 1 aromatic heterocycles. The standard InChI is InChI=1S/C25H36N2O3S/c1-6-27-18(3)20(23-21(27)15-25(4,5)16-22(23)28)14-19-11-9-10-17(2)24(19)31(29,30)26-12-7-8-13-26/h9-11,29-30H,6-8,12-16H2,1-5H3. The first kappa shape index (κ1) is 22.6. The first-order valence-corrected chi connectivity index (χ1v) is 12.9. The Balaban J connectivity index is 1.83. The maximum atomic E-state index is 13.2. The predicted octanol–water partition coefficient (Wildman–Crippen LogP) is 5.99. The smallest absolute Gasteiger partial charge is 0.165 e. The summed E-state index contributed by atoms with van der Waals surface area (Å²) in [5, 5.41) is 0. The van der Waals surface area contributed by atoms with Crippen molar-refractivity contribution in [1.82, 2.24) is 8.87 Å². The Hall–Kier alpha value is -1.60. The summed E-state index contributed by atoms with van der Waals surface area (Å²) in [6, 6.07) is 5.94. The van der Waals surface area contributed by atoms with E-state index in [1.165, 1.54) is 0 Å². The lowest BCUT2D eigenvalue weighted by Crippen LogP contribution is -2.28. The van der Waals surface area contributed by atoms with E-state index in [1.807, 2.05) is 29.4 Å². The quantitative estimate of drug-likeness (QED) is 0.594. The highest BCUT2D eigenvalue weighted by Gasteiger charge is 2.37. The number of hydrogen-bond acceptors (Lipinski definition) is 4. The van der Waals surface area contributed by atoms with E-state index in [1.54, 1.807) is 0 Å². The van der Waals surface area contributed by atoms with Crippen molar-refractivity contribution in [3.05, 3.63) is 51.8 Å². The second kappa shape index (κ2) is 8.07. The van der Waals surface area contributed by atoms with Crippen molar-refractivity contribution in [2.24, 2.45) is 5.41 Å². The molecular formula is C25H36N2O3S. The van der Waals surface area contributed by atoms with Crippen LogP contribution in [0.15, 0.2) is 23.1 Å². The lowest BCUT2D eigenvalue weighted by atomic mass is 9.75. The van der Waals surface area contributed by atoms with E-state index in [4.69, 9.17) is 0 Å². The summed E-state index contributed by atoms with van der Waals surface area (Å²) < 4.78 is 26.7. The van der Waals surface area contributed by atoms with Gasteiger partial charge in [0.05, 0.1) is 4.90 Å². The Morgan fingerprint density at radius 1 is 1.10 bits per heavy atom. The number of carbonyl (C=O) groups excluding carboxylic acids is 1. The lowest BCUT2D eigenvalue weighted by Gasteiger charge is -2.42. The number of nitrogens with zero attached hydrogens (tertiary/aromatic N) is 2. The topological polar surface area (TPSA) is 65.7 Å². The highest BCUT2D eigenvalue weighted by Crippen LogP contribution is 2.56. The average molecular weight is 445 g/mol. The second-order valence-corrected chi connectivity index (χ2v) is 11.9. The van der Waals surface area contributed by atoms with Crippen molar-refractivity contribution in [1.29, 1.82) is 0 Å².